The Kier molecular flexibility index (Phi) is 4.62. The Morgan fingerprint density at radius 2 is 2.14 bits per heavy atom. The fourth-order valence-corrected chi connectivity index (χ4v) is 2.85. The minimum Gasteiger partial charge on any atom is -0.389 e. The predicted molar refractivity (Wildman–Crippen MR) is 86.0 cm³/mol. The van der Waals surface area contributed by atoms with Gasteiger partial charge in [0, 0.05) is 4.88 Å². The highest BCUT2D eigenvalue weighted by Gasteiger charge is 2.09. The van der Waals surface area contributed by atoms with E-state index >= 15 is 0 Å². The second-order valence-electron chi connectivity index (χ2n) is 4.97. The summed E-state index contributed by atoms with van der Waals surface area (Å²) >= 11 is 1.61. The first kappa shape index (κ1) is 14.9. The number of hydrogen-bond donors (Lipinski definition) is 1. The molecular formula is C16H16N2O3S. The van der Waals surface area contributed by atoms with E-state index in [0.29, 0.717) is 17.5 Å². The molecule has 114 valence electrons. The fraction of sp³-hybridized carbons (Fsp3) is 0.250. The van der Waals surface area contributed by atoms with Crippen molar-refractivity contribution in [2.45, 2.75) is 19.3 Å². The van der Waals surface area contributed by atoms with Crippen molar-refractivity contribution in [3.63, 3.8) is 0 Å². The number of aliphatic hydroxyl groups excluding tert-OH is 1. The van der Waals surface area contributed by atoms with Crippen LogP contribution in [0.15, 0.2) is 52.9 Å². The van der Waals surface area contributed by atoms with Crippen LogP contribution in [0.25, 0.3) is 10.9 Å². The zero-order valence-corrected chi connectivity index (χ0v) is 12.7. The maximum Gasteiger partial charge on any atom is 0.261 e. The van der Waals surface area contributed by atoms with Gasteiger partial charge in [0.25, 0.3) is 5.56 Å². The van der Waals surface area contributed by atoms with Crippen molar-refractivity contribution in [1.82, 2.24) is 9.55 Å². The van der Waals surface area contributed by atoms with E-state index in [-0.39, 0.29) is 18.7 Å². The molecule has 2 heterocycles. The average Bonchev–Trinajstić information content (AvgIpc) is 3.04. The number of nitrogens with zero attached hydrogens (tertiary/aromatic N) is 2. The fourth-order valence-electron chi connectivity index (χ4n) is 2.21. The first-order valence-corrected chi connectivity index (χ1v) is 7.84. The summed E-state index contributed by atoms with van der Waals surface area (Å²) in [6, 6.07) is 11.1. The maximum atomic E-state index is 12.3. The Morgan fingerprint density at radius 3 is 2.95 bits per heavy atom. The van der Waals surface area contributed by atoms with Crippen LogP contribution < -0.4 is 5.56 Å². The van der Waals surface area contributed by atoms with Crippen LogP contribution in [0, 0.1) is 0 Å². The molecule has 0 spiro atoms. The third-order valence-corrected chi connectivity index (χ3v) is 4.12. The van der Waals surface area contributed by atoms with Gasteiger partial charge in [0.15, 0.2) is 0 Å². The van der Waals surface area contributed by atoms with Crippen molar-refractivity contribution in [2.24, 2.45) is 0 Å². The molecule has 3 aromatic rings. The van der Waals surface area contributed by atoms with Crippen LogP contribution in [-0.4, -0.2) is 27.4 Å². The van der Waals surface area contributed by atoms with Crippen molar-refractivity contribution >= 4 is 22.2 Å². The molecule has 22 heavy (non-hydrogen) atoms. The van der Waals surface area contributed by atoms with E-state index < -0.39 is 6.10 Å². The highest BCUT2D eigenvalue weighted by molar-refractivity contribution is 7.09. The van der Waals surface area contributed by atoms with Crippen LogP contribution in [0.3, 0.4) is 0 Å². The van der Waals surface area contributed by atoms with Gasteiger partial charge in [-0.2, -0.15) is 0 Å². The topological polar surface area (TPSA) is 64.4 Å². The molecule has 0 unspecified atom stereocenters. The van der Waals surface area contributed by atoms with Crippen LogP contribution in [0.5, 0.6) is 0 Å². The summed E-state index contributed by atoms with van der Waals surface area (Å²) in [7, 11) is 0. The van der Waals surface area contributed by atoms with Crippen LogP contribution in [-0.2, 0) is 17.9 Å². The summed E-state index contributed by atoms with van der Waals surface area (Å²) in [6.45, 7) is 0.817. The molecule has 6 heteroatoms. The van der Waals surface area contributed by atoms with Gasteiger partial charge in [0.2, 0.25) is 0 Å². The molecule has 0 radical (unpaired) electrons. The van der Waals surface area contributed by atoms with Crippen LogP contribution in [0.2, 0.25) is 0 Å². The lowest BCUT2D eigenvalue weighted by Gasteiger charge is -2.13. The van der Waals surface area contributed by atoms with E-state index in [9.17, 15) is 9.90 Å². The molecule has 0 aliphatic carbocycles. The van der Waals surface area contributed by atoms with Crippen molar-refractivity contribution < 1.29 is 9.84 Å². The summed E-state index contributed by atoms with van der Waals surface area (Å²) in [5.41, 5.74) is 0.509. The SMILES string of the molecule is O=c1c2ccccc2ncn1C[C@H](O)COCc1cccs1. The third kappa shape index (κ3) is 3.41. The number of ether oxygens (including phenoxy) is 1. The summed E-state index contributed by atoms with van der Waals surface area (Å²) in [5.74, 6) is 0. The summed E-state index contributed by atoms with van der Waals surface area (Å²) in [4.78, 5) is 17.6. The van der Waals surface area contributed by atoms with Crippen LogP contribution >= 0.6 is 11.3 Å². The van der Waals surface area contributed by atoms with Crippen molar-refractivity contribution in [2.75, 3.05) is 6.61 Å². The first-order chi connectivity index (χ1) is 10.7. The Morgan fingerprint density at radius 1 is 1.27 bits per heavy atom. The molecule has 0 bridgehead atoms. The van der Waals surface area contributed by atoms with Gasteiger partial charge in [0.1, 0.15) is 0 Å². The van der Waals surface area contributed by atoms with E-state index in [1.54, 1.807) is 29.5 Å². The molecule has 2 aromatic heterocycles. The highest BCUT2D eigenvalue weighted by Crippen LogP contribution is 2.10. The van der Waals surface area contributed by atoms with Gasteiger partial charge >= 0.3 is 0 Å². The van der Waals surface area contributed by atoms with Crippen molar-refractivity contribution in [1.29, 1.82) is 0 Å². The number of aromatic nitrogens is 2. The van der Waals surface area contributed by atoms with E-state index in [0.717, 1.165) is 4.88 Å². The Labute approximate surface area is 131 Å². The number of thiophene rings is 1. The van der Waals surface area contributed by atoms with Gasteiger partial charge in [-0.3, -0.25) is 9.36 Å². The zero-order chi connectivity index (χ0) is 15.4. The molecule has 5 nitrogen and oxygen atoms in total. The molecule has 1 N–H and O–H groups in total. The van der Waals surface area contributed by atoms with Gasteiger partial charge in [-0.15, -0.1) is 11.3 Å². The predicted octanol–water partition coefficient (Wildman–Crippen LogP) is 2.04. The van der Waals surface area contributed by atoms with Crippen molar-refractivity contribution in [3.8, 4) is 0 Å². The molecule has 3 rings (SSSR count). The number of fused-ring (bicyclic) bond motifs is 1. The largest absolute Gasteiger partial charge is 0.389 e. The Hall–Kier alpha value is -2.02. The summed E-state index contributed by atoms with van der Waals surface area (Å²) < 4.78 is 6.88. The van der Waals surface area contributed by atoms with Gasteiger partial charge in [-0.1, -0.05) is 18.2 Å². The van der Waals surface area contributed by atoms with Gasteiger partial charge in [-0.05, 0) is 23.6 Å². The highest BCUT2D eigenvalue weighted by atomic mass is 32.1. The number of aliphatic hydroxyl groups is 1. The minimum atomic E-state index is -0.749. The number of rotatable bonds is 6. The summed E-state index contributed by atoms with van der Waals surface area (Å²) in [5, 5.41) is 12.6. The lowest BCUT2D eigenvalue weighted by atomic mass is 10.2. The lowest BCUT2D eigenvalue weighted by Crippen LogP contribution is -2.29. The van der Waals surface area contributed by atoms with Crippen LogP contribution in [0.4, 0.5) is 0 Å². The quantitative estimate of drug-likeness (QED) is 0.756. The van der Waals surface area contributed by atoms with Crippen molar-refractivity contribution in [3.05, 3.63) is 63.3 Å². The smallest absolute Gasteiger partial charge is 0.261 e. The molecular weight excluding hydrogens is 300 g/mol. The number of para-hydroxylation sites is 1. The maximum absolute atomic E-state index is 12.3. The van der Waals surface area contributed by atoms with Crippen LogP contribution in [0.1, 0.15) is 4.88 Å². The second-order valence-corrected chi connectivity index (χ2v) is 6.00. The standard InChI is InChI=1S/C16H16N2O3S/c19-12(9-21-10-13-4-3-7-22-13)8-18-11-17-15-6-2-1-5-14(15)16(18)20/h1-7,11-12,19H,8-10H2/t12-/m0/s1. The molecule has 0 saturated carbocycles. The molecule has 0 amide bonds. The zero-order valence-electron chi connectivity index (χ0n) is 11.9. The Bertz CT molecular complexity index is 799. The lowest BCUT2D eigenvalue weighted by molar-refractivity contribution is 0.0207. The van der Waals surface area contributed by atoms with Gasteiger partial charge in [0.05, 0.1) is 43.1 Å². The number of hydrogen-bond acceptors (Lipinski definition) is 5. The summed E-state index contributed by atoms with van der Waals surface area (Å²) in [6.07, 6.45) is 0.716. The van der Waals surface area contributed by atoms with E-state index in [1.165, 1.54) is 10.9 Å². The average molecular weight is 316 g/mol. The molecule has 0 aliphatic heterocycles. The Balaban J connectivity index is 1.62. The second kappa shape index (κ2) is 6.83. The molecule has 1 atom stereocenters. The molecule has 1 aromatic carbocycles. The third-order valence-electron chi connectivity index (χ3n) is 3.27. The number of benzene rings is 1. The monoisotopic (exact) mass is 316 g/mol. The van der Waals surface area contributed by atoms with E-state index in [1.807, 2.05) is 23.6 Å². The van der Waals surface area contributed by atoms with E-state index in [4.69, 9.17) is 4.74 Å². The molecule has 0 aliphatic rings. The van der Waals surface area contributed by atoms with Gasteiger partial charge < -0.3 is 9.84 Å². The minimum absolute atomic E-state index is 0.150. The molecule has 0 fully saturated rings. The molecule has 0 saturated heterocycles. The first-order valence-electron chi connectivity index (χ1n) is 6.96. The van der Waals surface area contributed by atoms with Gasteiger partial charge in [-0.25, -0.2) is 4.98 Å². The van der Waals surface area contributed by atoms with E-state index in [2.05, 4.69) is 4.98 Å². The normalized spacial score (nSPS) is 12.6.